The predicted octanol–water partition coefficient (Wildman–Crippen LogP) is 4.43. The van der Waals surface area contributed by atoms with Crippen molar-refractivity contribution in [3.8, 4) is 0 Å². The summed E-state index contributed by atoms with van der Waals surface area (Å²) in [5, 5.41) is 0. The zero-order valence-electron chi connectivity index (χ0n) is 18.9. The Balaban J connectivity index is 1.70. The SMILES string of the molecule is CCCCCc1ccc(S(=O)(=O)Nc2ccc(S(=O)(=O)Nc3cc(C)nc(C)n3)cc2)cc1. The van der Waals surface area contributed by atoms with Gasteiger partial charge in [0.15, 0.2) is 0 Å². The number of nitrogens with zero attached hydrogens (tertiary/aromatic N) is 2. The lowest BCUT2D eigenvalue weighted by Gasteiger charge is -2.11. The van der Waals surface area contributed by atoms with E-state index < -0.39 is 20.0 Å². The van der Waals surface area contributed by atoms with Crippen LogP contribution in [0.5, 0.6) is 0 Å². The van der Waals surface area contributed by atoms with Crippen molar-refractivity contribution in [3.05, 3.63) is 71.7 Å². The van der Waals surface area contributed by atoms with Crippen molar-refractivity contribution in [3.63, 3.8) is 0 Å². The van der Waals surface area contributed by atoms with Gasteiger partial charge in [0.25, 0.3) is 20.0 Å². The fourth-order valence-electron chi connectivity index (χ4n) is 3.30. The average molecular weight is 489 g/mol. The first-order valence-electron chi connectivity index (χ1n) is 10.7. The number of benzene rings is 2. The quantitative estimate of drug-likeness (QED) is 0.408. The van der Waals surface area contributed by atoms with Crippen molar-refractivity contribution >= 4 is 31.6 Å². The lowest BCUT2D eigenvalue weighted by atomic mass is 10.1. The first kappa shape index (κ1) is 24.7. The fourth-order valence-corrected chi connectivity index (χ4v) is 5.35. The molecule has 0 radical (unpaired) electrons. The van der Waals surface area contributed by atoms with Gasteiger partial charge in [-0.05, 0) is 68.7 Å². The van der Waals surface area contributed by atoms with Crippen molar-refractivity contribution in [1.82, 2.24) is 9.97 Å². The van der Waals surface area contributed by atoms with Gasteiger partial charge in [0.1, 0.15) is 11.6 Å². The third-order valence-electron chi connectivity index (χ3n) is 4.92. The Morgan fingerprint density at radius 2 is 1.33 bits per heavy atom. The number of unbranched alkanes of at least 4 members (excludes halogenated alkanes) is 2. The molecule has 10 heteroatoms. The highest BCUT2D eigenvalue weighted by Gasteiger charge is 2.18. The van der Waals surface area contributed by atoms with Crippen molar-refractivity contribution in [2.24, 2.45) is 0 Å². The van der Waals surface area contributed by atoms with E-state index in [-0.39, 0.29) is 21.3 Å². The van der Waals surface area contributed by atoms with Gasteiger partial charge in [-0.15, -0.1) is 0 Å². The summed E-state index contributed by atoms with van der Waals surface area (Å²) in [5.41, 5.74) is 1.99. The number of hydrogen-bond acceptors (Lipinski definition) is 6. The lowest BCUT2D eigenvalue weighted by molar-refractivity contribution is 0.600. The Bertz CT molecular complexity index is 1290. The first-order chi connectivity index (χ1) is 15.6. The number of sulfonamides is 2. The van der Waals surface area contributed by atoms with Gasteiger partial charge < -0.3 is 0 Å². The minimum absolute atomic E-state index is 0.0178. The number of aryl methyl sites for hydroxylation is 3. The highest BCUT2D eigenvalue weighted by atomic mass is 32.2. The number of nitrogens with one attached hydrogen (secondary N) is 2. The van der Waals surface area contributed by atoms with Gasteiger partial charge in [0.05, 0.1) is 9.79 Å². The number of anilines is 2. The van der Waals surface area contributed by atoms with Crippen LogP contribution in [0.3, 0.4) is 0 Å². The van der Waals surface area contributed by atoms with Crippen molar-refractivity contribution in [1.29, 1.82) is 0 Å². The summed E-state index contributed by atoms with van der Waals surface area (Å²) in [4.78, 5) is 8.33. The Hall–Kier alpha value is -2.98. The monoisotopic (exact) mass is 488 g/mol. The molecule has 0 unspecified atom stereocenters. The Morgan fingerprint density at radius 3 is 1.91 bits per heavy atom. The number of aromatic nitrogens is 2. The van der Waals surface area contributed by atoms with Crippen LogP contribution in [0, 0.1) is 13.8 Å². The van der Waals surface area contributed by atoms with Gasteiger partial charge in [-0.1, -0.05) is 31.9 Å². The minimum atomic E-state index is -3.89. The number of hydrogen-bond donors (Lipinski definition) is 2. The molecule has 33 heavy (non-hydrogen) atoms. The molecule has 3 aromatic rings. The standard InChI is InChI=1S/C23H28N4O4S2/c1-4-5-6-7-19-8-12-21(13-9-19)32(28,29)26-20-10-14-22(15-11-20)33(30,31)27-23-16-17(2)24-18(3)25-23/h8-16,26H,4-7H2,1-3H3,(H,24,25,27). The molecule has 0 saturated heterocycles. The molecule has 1 aromatic heterocycles. The normalized spacial score (nSPS) is 11.8. The average Bonchev–Trinajstić information content (AvgIpc) is 2.73. The van der Waals surface area contributed by atoms with E-state index in [0.29, 0.717) is 11.5 Å². The molecule has 0 saturated carbocycles. The molecule has 0 bridgehead atoms. The second-order valence-corrected chi connectivity index (χ2v) is 11.1. The van der Waals surface area contributed by atoms with E-state index in [1.165, 1.54) is 30.3 Å². The summed E-state index contributed by atoms with van der Waals surface area (Å²) in [6, 6.07) is 13.8. The van der Waals surface area contributed by atoms with Gasteiger partial charge in [-0.25, -0.2) is 26.8 Å². The van der Waals surface area contributed by atoms with E-state index in [0.717, 1.165) is 31.2 Å². The van der Waals surface area contributed by atoms with Crippen molar-refractivity contribution in [2.45, 2.75) is 56.2 Å². The van der Waals surface area contributed by atoms with Crippen LogP contribution in [-0.2, 0) is 26.5 Å². The zero-order chi connectivity index (χ0) is 24.1. The summed E-state index contributed by atoms with van der Waals surface area (Å²) in [5.74, 6) is 0.620. The van der Waals surface area contributed by atoms with Crippen LogP contribution in [0.4, 0.5) is 11.5 Å². The van der Waals surface area contributed by atoms with E-state index in [9.17, 15) is 16.8 Å². The molecule has 0 atom stereocenters. The molecule has 1 heterocycles. The summed E-state index contributed by atoms with van der Waals surface area (Å²) in [6.07, 6.45) is 4.26. The van der Waals surface area contributed by atoms with E-state index in [1.807, 2.05) is 12.1 Å². The molecule has 0 aliphatic rings. The van der Waals surface area contributed by atoms with Gasteiger partial charge >= 0.3 is 0 Å². The van der Waals surface area contributed by atoms with Gasteiger partial charge in [-0.3, -0.25) is 9.44 Å². The van der Waals surface area contributed by atoms with Gasteiger partial charge in [-0.2, -0.15) is 0 Å². The zero-order valence-corrected chi connectivity index (χ0v) is 20.5. The second kappa shape index (κ2) is 10.3. The Morgan fingerprint density at radius 1 is 0.758 bits per heavy atom. The molecule has 0 aliphatic carbocycles. The van der Waals surface area contributed by atoms with Crippen molar-refractivity contribution in [2.75, 3.05) is 9.44 Å². The van der Waals surface area contributed by atoms with E-state index in [4.69, 9.17) is 0 Å². The van der Waals surface area contributed by atoms with Crippen LogP contribution in [0.25, 0.3) is 0 Å². The first-order valence-corrected chi connectivity index (χ1v) is 13.6. The molecule has 8 nitrogen and oxygen atoms in total. The van der Waals surface area contributed by atoms with Crippen LogP contribution in [0.2, 0.25) is 0 Å². The molecule has 0 spiro atoms. The van der Waals surface area contributed by atoms with E-state index in [2.05, 4.69) is 26.3 Å². The molecule has 2 N–H and O–H groups in total. The second-order valence-electron chi connectivity index (χ2n) is 7.78. The smallest absolute Gasteiger partial charge is 0.263 e. The molecule has 176 valence electrons. The summed E-state index contributed by atoms with van der Waals surface area (Å²) in [7, 11) is -7.69. The lowest BCUT2D eigenvalue weighted by Crippen LogP contribution is -2.15. The fraction of sp³-hybridized carbons (Fsp3) is 0.304. The molecule has 0 amide bonds. The molecule has 2 aromatic carbocycles. The largest absolute Gasteiger partial charge is 0.280 e. The maximum atomic E-state index is 12.7. The summed E-state index contributed by atoms with van der Waals surface area (Å²) < 4.78 is 55.6. The van der Waals surface area contributed by atoms with Crippen LogP contribution < -0.4 is 9.44 Å². The third kappa shape index (κ3) is 6.75. The highest BCUT2D eigenvalue weighted by molar-refractivity contribution is 7.93. The Labute approximate surface area is 195 Å². The van der Waals surface area contributed by atoms with Gasteiger partial charge in [0.2, 0.25) is 0 Å². The minimum Gasteiger partial charge on any atom is -0.280 e. The summed E-state index contributed by atoms with van der Waals surface area (Å²) in [6.45, 7) is 5.55. The number of rotatable bonds is 10. The maximum Gasteiger partial charge on any atom is 0.263 e. The van der Waals surface area contributed by atoms with E-state index >= 15 is 0 Å². The summed E-state index contributed by atoms with van der Waals surface area (Å²) >= 11 is 0. The van der Waals surface area contributed by atoms with Crippen LogP contribution in [-0.4, -0.2) is 26.8 Å². The Kier molecular flexibility index (Phi) is 7.70. The molecule has 3 rings (SSSR count). The molecular weight excluding hydrogens is 460 g/mol. The van der Waals surface area contributed by atoms with Crippen LogP contribution >= 0.6 is 0 Å². The highest BCUT2D eigenvalue weighted by Crippen LogP contribution is 2.21. The van der Waals surface area contributed by atoms with Gasteiger partial charge in [0, 0.05) is 17.4 Å². The maximum absolute atomic E-state index is 12.7. The topological polar surface area (TPSA) is 118 Å². The molecule has 0 fully saturated rings. The third-order valence-corrected chi connectivity index (χ3v) is 7.69. The van der Waals surface area contributed by atoms with E-state index in [1.54, 1.807) is 26.0 Å². The molecular formula is C23H28N4O4S2. The predicted molar refractivity (Wildman–Crippen MR) is 129 cm³/mol. The van der Waals surface area contributed by atoms with Crippen molar-refractivity contribution < 1.29 is 16.8 Å². The van der Waals surface area contributed by atoms with Crippen LogP contribution in [0.15, 0.2) is 64.4 Å². The molecule has 0 aliphatic heterocycles. The van der Waals surface area contributed by atoms with Crippen LogP contribution in [0.1, 0.15) is 43.3 Å².